The third-order valence-corrected chi connectivity index (χ3v) is 2.50. The van der Waals surface area contributed by atoms with Gasteiger partial charge in [-0.25, -0.2) is 0 Å². The smallest absolute Gasteiger partial charge is 0.0876 e. The second-order valence-electron chi connectivity index (χ2n) is 2.37. The van der Waals surface area contributed by atoms with E-state index in [1.165, 1.54) is 11.5 Å². The first-order chi connectivity index (χ1) is 5.88. The van der Waals surface area contributed by atoms with E-state index in [1.807, 2.05) is 23.6 Å². The topological polar surface area (TPSA) is 25.8 Å². The van der Waals surface area contributed by atoms with E-state index in [1.54, 1.807) is 0 Å². The van der Waals surface area contributed by atoms with Gasteiger partial charge in [0, 0.05) is 10.2 Å². The molecule has 0 saturated heterocycles. The Kier molecular flexibility index (Phi) is 2.10. The van der Waals surface area contributed by atoms with Crippen LogP contribution < -0.4 is 0 Å². The van der Waals surface area contributed by atoms with Crippen LogP contribution in [0.5, 0.6) is 0 Å². The lowest BCUT2D eigenvalue weighted by molar-refractivity contribution is 0.995. The maximum atomic E-state index is 5.12. The van der Waals surface area contributed by atoms with E-state index in [0.29, 0.717) is 0 Å². The third-order valence-electron chi connectivity index (χ3n) is 1.60. The van der Waals surface area contributed by atoms with Crippen molar-refractivity contribution in [3.63, 3.8) is 0 Å². The first-order valence-corrected chi connectivity index (χ1v) is 4.70. The molecule has 1 aliphatic carbocycles. The zero-order valence-electron chi connectivity index (χ0n) is 6.10. The summed E-state index contributed by atoms with van der Waals surface area (Å²) in [6.45, 7) is 0. The fourth-order valence-electron chi connectivity index (χ4n) is 1.01. The van der Waals surface area contributed by atoms with Gasteiger partial charge in [-0.1, -0.05) is 34.9 Å². The zero-order valence-corrected chi connectivity index (χ0v) is 7.73. The Balaban J connectivity index is 2.31. The summed E-state index contributed by atoms with van der Waals surface area (Å²) in [4.78, 5) is 0.783. The van der Waals surface area contributed by atoms with Crippen LogP contribution in [0.1, 0.15) is 11.6 Å². The minimum absolute atomic E-state index is 0.101. The van der Waals surface area contributed by atoms with Gasteiger partial charge in [-0.2, -0.15) is 0 Å². The monoisotopic (exact) mass is 193 g/mol. The minimum Gasteiger partial charge on any atom is -0.142 e. The number of hydrogen-bond donors (Lipinski definition) is 0. The number of allylic oxidation sites excluding steroid dienone is 4. The number of rotatable bonds is 1. The van der Waals surface area contributed by atoms with Crippen LogP contribution in [-0.4, -0.2) is 14.5 Å². The first-order valence-electron chi connectivity index (χ1n) is 3.45. The number of thiocarbonyl (C=S) groups is 1. The molecule has 0 aromatic carbocycles. The number of hydrogen-bond acceptors (Lipinski definition) is 4. The van der Waals surface area contributed by atoms with Gasteiger partial charge in [0.25, 0.3) is 0 Å². The predicted octanol–water partition coefficient (Wildman–Crippen LogP) is 1.92. The highest BCUT2D eigenvalue weighted by Gasteiger charge is 2.16. The molecule has 1 aromatic rings. The van der Waals surface area contributed by atoms with Crippen molar-refractivity contribution in [1.29, 1.82) is 0 Å². The predicted molar refractivity (Wildman–Crippen MR) is 52.2 cm³/mol. The third kappa shape index (κ3) is 1.35. The quantitative estimate of drug-likeness (QED) is 0.637. The fourth-order valence-corrected chi connectivity index (χ4v) is 1.77. The van der Waals surface area contributed by atoms with E-state index < -0.39 is 0 Å². The molecule has 1 unspecified atom stereocenters. The van der Waals surface area contributed by atoms with E-state index in [4.69, 9.17) is 12.2 Å². The molecular formula is C8H5N2S2. The van der Waals surface area contributed by atoms with E-state index in [2.05, 4.69) is 15.7 Å². The lowest BCUT2D eigenvalue weighted by atomic mass is 9.98. The summed E-state index contributed by atoms with van der Waals surface area (Å²) in [5.41, 5.74) is 0.918. The lowest BCUT2D eigenvalue weighted by Gasteiger charge is -2.09. The summed E-state index contributed by atoms with van der Waals surface area (Å²) in [6, 6.07) is 0. The van der Waals surface area contributed by atoms with Crippen molar-refractivity contribution in [2.45, 2.75) is 5.92 Å². The molecule has 0 amide bonds. The second kappa shape index (κ2) is 3.25. The molecule has 2 nitrogen and oxygen atoms in total. The van der Waals surface area contributed by atoms with Gasteiger partial charge < -0.3 is 0 Å². The van der Waals surface area contributed by atoms with Crippen molar-refractivity contribution in [3.05, 3.63) is 35.4 Å². The standard InChI is InChI=1S/C8H5N2S2/c11-8-4-2-1-3-6(8)7-5-12-10-9-7/h1-3,5-6H. The normalized spacial score (nSPS) is 21.7. The highest BCUT2D eigenvalue weighted by Crippen LogP contribution is 2.20. The maximum Gasteiger partial charge on any atom is 0.0876 e. The molecule has 0 fully saturated rings. The van der Waals surface area contributed by atoms with Crippen molar-refractivity contribution >= 4 is 28.6 Å². The Hall–Kier alpha value is -0.870. The van der Waals surface area contributed by atoms with Gasteiger partial charge in [0.1, 0.15) is 0 Å². The maximum absolute atomic E-state index is 5.12. The molecule has 0 aliphatic heterocycles. The Morgan fingerprint density at radius 2 is 2.50 bits per heavy atom. The van der Waals surface area contributed by atoms with Crippen molar-refractivity contribution in [2.75, 3.05) is 0 Å². The van der Waals surface area contributed by atoms with Crippen LogP contribution in [0.15, 0.2) is 23.6 Å². The molecule has 2 rings (SSSR count). The molecule has 1 heterocycles. The average molecular weight is 193 g/mol. The van der Waals surface area contributed by atoms with Crippen LogP contribution in [-0.2, 0) is 0 Å². The second-order valence-corrected chi connectivity index (χ2v) is 3.42. The van der Waals surface area contributed by atoms with E-state index >= 15 is 0 Å². The molecule has 1 radical (unpaired) electrons. The summed E-state index contributed by atoms with van der Waals surface area (Å²) >= 11 is 6.46. The van der Waals surface area contributed by atoms with Crippen LogP contribution in [0.2, 0.25) is 0 Å². The lowest BCUT2D eigenvalue weighted by Crippen LogP contribution is -2.08. The molecule has 0 saturated carbocycles. The van der Waals surface area contributed by atoms with E-state index in [-0.39, 0.29) is 5.92 Å². The van der Waals surface area contributed by atoms with Crippen molar-refractivity contribution in [1.82, 2.24) is 9.59 Å². The van der Waals surface area contributed by atoms with E-state index in [0.717, 1.165) is 10.6 Å². The molecule has 12 heavy (non-hydrogen) atoms. The molecule has 1 atom stereocenters. The van der Waals surface area contributed by atoms with Crippen molar-refractivity contribution in [2.24, 2.45) is 0 Å². The van der Waals surface area contributed by atoms with Crippen LogP contribution in [0, 0.1) is 6.08 Å². The summed E-state index contributed by atoms with van der Waals surface area (Å²) in [6.07, 6.45) is 8.73. The van der Waals surface area contributed by atoms with Gasteiger partial charge in [0.05, 0.1) is 11.6 Å². The number of nitrogens with zero attached hydrogens (tertiary/aromatic N) is 2. The molecule has 1 aromatic heterocycles. The summed E-state index contributed by atoms with van der Waals surface area (Å²) < 4.78 is 3.79. The van der Waals surface area contributed by atoms with Gasteiger partial charge in [0.2, 0.25) is 0 Å². The van der Waals surface area contributed by atoms with Gasteiger partial charge in [-0.3, -0.25) is 0 Å². The van der Waals surface area contributed by atoms with Crippen molar-refractivity contribution in [3.8, 4) is 0 Å². The first kappa shape index (κ1) is 7.76. The average Bonchev–Trinajstić information content (AvgIpc) is 2.57. The van der Waals surface area contributed by atoms with E-state index in [9.17, 15) is 0 Å². The zero-order chi connectivity index (χ0) is 8.39. The van der Waals surface area contributed by atoms with Crippen molar-refractivity contribution < 1.29 is 0 Å². The Labute approximate surface area is 79.8 Å². The van der Waals surface area contributed by atoms with Crippen LogP contribution in [0.3, 0.4) is 0 Å². The molecule has 0 bridgehead atoms. The van der Waals surface area contributed by atoms with Gasteiger partial charge in [-0.15, -0.1) is 5.10 Å². The van der Waals surface area contributed by atoms with Crippen LogP contribution >= 0.6 is 23.8 Å². The van der Waals surface area contributed by atoms with Gasteiger partial charge in [0.15, 0.2) is 0 Å². The highest BCUT2D eigenvalue weighted by molar-refractivity contribution is 7.80. The fraction of sp³-hybridized carbons (Fsp3) is 0.125. The molecular weight excluding hydrogens is 188 g/mol. The Bertz CT molecular complexity index is 338. The Morgan fingerprint density at radius 3 is 3.17 bits per heavy atom. The summed E-state index contributed by atoms with van der Waals surface area (Å²) in [5, 5.41) is 5.88. The minimum atomic E-state index is 0.101. The molecule has 1 aliphatic rings. The van der Waals surface area contributed by atoms with Crippen LogP contribution in [0.4, 0.5) is 0 Å². The summed E-state index contributed by atoms with van der Waals surface area (Å²) in [7, 11) is 0. The largest absolute Gasteiger partial charge is 0.142 e. The molecule has 0 spiro atoms. The van der Waals surface area contributed by atoms with Gasteiger partial charge >= 0.3 is 0 Å². The SMILES string of the molecule is S=C1[C]=CC=CC1c1csnn1. The van der Waals surface area contributed by atoms with Gasteiger partial charge in [-0.05, 0) is 17.6 Å². The molecule has 59 valence electrons. The summed E-state index contributed by atoms with van der Waals surface area (Å²) in [5.74, 6) is 0.101. The molecule has 4 heteroatoms. The Morgan fingerprint density at radius 1 is 1.58 bits per heavy atom. The highest BCUT2D eigenvalue weighted by atomic mass is 32.1. The number of aromatic nitrogens is 2. The molecule has 0 N–H and O–H groups in total. The van der Waals surface area contributed by atoms with Crippen LogP contribution in [0.25, 0.3) is 0 Å².